The summed E-state index contributed by atoms with van der Waals surface area (Å²) in [6.45, 7) is 6.18. The second-order valence-corrected chi connectivity index (χ2v) is 9.63. The van der Waals surface area contributed by atoms with Crippen molar-refractivity contribution in [3.8, 4) is 0 Å². The number of carbonyl (C=O) groups is 1. The Morgan fingerprint density at radius 1 is 1.03 bits per heavy atom. The number of β-amino-alcohol motifs (C(OH)–C–C–N with tert-alkyl or cyclic N) is 1. The smallest absolute Gasteiger partial charge is 0.225 e. The third-order valence-electron chi connectivity index (χ3n) is 7.31. The highest BCUT2D eigenvalue weighted by Crippen LogP contribution is 2.31. The van der Waals surface area contributed by atoms with Crippen LogP contribution < -0.4 is 0 Å². The van der Waals surface area contributed by atoms with Gasteiger partial charge >= 0.3 is 0 Å². The molecule has 7 heteroatoms. The third kappa shape index (κ3) is 5.70. The van der Waals surface area contributed by atoms with Gasteiger partial charge < -0.3 is 24.4 Å². The van der Waals surface area contributed by atoms with Gasteiger partial charge in [0.15, 0.2) is 0 Å². The lowest BCUT2D eigenvalue weighted by Gasteiger charge is -2.45. The monoisotopic (exact) mass is 409 g/mol. The zero-order chi connectivity index (χ0) is 20.2. The topological polar surface area (TPSA) is 65.5 Å². The van der Waals surface area contributed by atoms with Crippen molar-refractivity contribution in [2.45, 2.75) is 69.3 Å². The Labute approximate surface area is 175 Å². The van der Waals surface area contributed by atoms with Crippen LogP contribution in [0.15, 0.2) is 0 Å². The molecule has 166 valence electrons. The van der Waals surface area contributed by atoms with E-state index in [1.54, 1.807) is 0 Å². The van der Waals surface area contributed by atoms with Crippen molar-refractivity contribution in [2.24, 2.45) is 5.92 Å². The molecule has 1 N–H and O–H groups in total. The van der Waals surface area contributed by atoms with Crippen LogP contribution in [0.2, 0.25) is 0 Å². The second kappa shape index (κ2) is 10.1. The van der Waals surface area contributed by atoms with Crippen molar-refractivity contribution >= 4 is 5.91 Å². The number of fused-ring (bicyclic) bond motifs is 1. The molecule has 3 aliphatic heterocycles. The molecule has 3 heterocycles. The number of aliphatic hydroxyl groups excluding tert-OH is 1. The molecule has 4 rings (SSSR count). The van der Waals surface area contributed by atoms with Crippen LogP contribution in [0.1, 0.15) is 44.9 Å². The summed E-state index contributed by atoms with van der Waals surface area (Å²) in [6.07, 6.45) is 7.29. The van der Waals surface area contributed by atoms with E-state index in [2.05, 4.69) is 16.8 Å². The summed E-state index contributed by atoms with van der Waals surface area (Å²) >= 11 is 0. The van der Waals surface area contributed by atoms with Crippen LogP contribution in [0.25, 0.3) is 0 Å². The summed E-state index contributed by atoms with van der Waals surface area (Å²) in [7, 11) is 2.11. The van der Waals surface area contributed by atoms with Gasteiger partial charge in [0.1, 0.15) is 0 Å². The highest BCUT2D eigenvalue weighted by molar-refractivity contribution is 5.76. The normalized spacial score (nSPS) is 35.9. The number of rotatable bonds is 4. The molecular formula is C22H39N3O4. The minimum Gasteiger partial charge on any atom is -0.389 e. The fourth-order valence-electron chi connectivity index (χ4n) is 5.56. The lowest BCUT2D eigenvalue weighted by Crippen LogP contribution is -2.57. The van der Waals surface area contributed by atoms with Gasteiger partial charge in [-0.25, -0.2) is 0 Å². The van der Waals surface area contributed by atoms with Gasteiger partial charge in [0.2, 0.25) is 5.91 Å². The first-order valence-electron chi connectivity index (χ1n) is 11.7. The Bertz CT molecular complexity index is 534. The van der Waals surface area contributed by atoms with Crippen molar-refractivity contribution in [3.63, 3.8) is 0 Å². The average Bonchev–Trinajstić information content (AvgIpc) is 3.20. The maximum absolute atomic E-state index is 12.7. The molecule has 29 heavy (non-hydrogen) atoms. The highest BCUT2D eigenvalue weighted by atomic mass is 16.5. The molecule has 4 aliphatic rings. The number of likely N-dealkylation sites (N-methyl/N-ethyl adjacent to an activating group) is 1. The molecule has 0 aromatic carbocycles. The van der Waals surface area contributed by atoms with Crippen LogP contribution in [-0.2, 0) is 14.3 Å². The van der Waals surface area contributed by atoms with E-state index in [4.69, 9.17) is 9.47 Å². The van der Waals surface area contributed by atoms with Gasteiger partial charge in [-0.3, -0.25) is 9.69 Å². The predicted molar refractivity (Wildman–Crippen MR) is 111 cm³/mol. The number of carbonyl (C=O) groups excluding carboxylic acids is 1. The standard InChI is InChI=1S/C22H39N3O4/c1-23-8-10-24(11-9-23)22(27)12-19-6-7-20-21(29-19)16-28-15-18(26)14-25(20)13-17-4-2-3-5-17/h17-21,26H,2-16H2,1H3/t18-,19-,20-,21+/m0/s1. The molecule has 1 aliphatic carbocycles. The van der Waals surface area contributed by atoms with Gasteiger partial charge in [-0.2, -0.15) is 0 Å². The van der Waals surface area contributed by atoms with E-state index in [1.165, 1.54) is 25.7 Å². The van der Waals surface area contributed by atoms with Gasteiger partial charge in [-0.1, -0.05) is 12.8 Å². The van der Waals surface area contributed by atoms with Crippen molar-refractivity contribution in [1.29, 1.82) is 0 Å². The predicted octanol–water partition coefficient (Wildman–Crippen LogP) is 0.950. The van der Waals surface area contributed by atoms with E-state index in [0.29, 0.717) is 32.2 Å². The van der Waals surface area contributed by atoms with Crippen molar-refractivity contribution in [2.75, 3.05) is 59.5 Å². The number of hydrogen-bond acceptors (Lipinski definition) is 6. The molecule has 0 aromatic heterocycles. The summed E-state index contributed by atoms with van der Waals surface area (Å²) in [6, 6.07) is 0.292. The minimum atomic E-state index is -0.422. The van der Waals surface area contributed by atoms with Gasteiger partial charge in [-0.05, 0) is 38.6 Å². The maximum atomic E-state index is 12.7. The van der Waals surface area contributed by atoms with Crippen LogP contribution in [0.3, 0.4) is 0 Å². The zero-order valence-electron chi connectivity index (χ0n) is 18.0. The summed E-state index contributed by atoms with van der Waals surface area (Å²) in [5.41, 5.74) is 0. The highest BCUT2D eigenvalue weighted by Gasteiger charge is 2.39. The number of nitrogens with zero attached hydrogens (tertiary/aromatic N) is 3. The summed E-state index contributed by atoms with van der Waals surface area (Å²) in [5, 5.41) is 10.3. The van der Waals surface area contributed by atoms with Gasteiger partial charge in [-0.15, -0.1) is 0 Å². The Balaban J connectivity index is 1.33. The lowest BCUT2D eigenvalue weighted by atomic mass is 9.93. The maximum Gasteiger partial charge on any atom is 0.225 e. The van der Waals surface area contributed by atoms with Crippen LogP contribution in [0.4, 0.5) is 0 Å². The molecule has 7 nitrogen and oxygen atoms in total. The Hall–Kier alpha value is -0.730. The quantitative estimate of drug-likeness (QED) is 0.746. The number of aliphatic hydroxyl groups is 1. The van der Waals surface area contributed by atoms with E-state index in [1.807, 2.05) is 4.90 Å². The molecule has 0 bridgehead atoms. The third-order valence-corrected chi connectivity index (χ3v) is 7.31. The Morgan fingerprint density at radius 2 is 1.79 bits per heavy atom. The summed E-state index contributed by atoms with van der Waals surface area (Å²) < 4.78 is 12.2. The number of hydrogen-bond donors (Lipinski definition) is 1. The molecule has 0 radical (unpaired) electrons. The average molecular weight is 410 g/mol. The van der Waals surface area contributed by atoms with E-state index < -0.39 is 6.10 Å². The Morgan fingerprint density at radius 3 is 2.55 bits per heavy atom. The number of piperazine rings is 1. The fraction of sp³-hybridized carbons (Fsp3) is 0.955. The summed E-state index contributed by atoms with van der Waals surface area (Å²) in [5.74, 6) is 0.978. The van der Waals surface area contributed by atoms with E-state index in [9.17, 15) is 9.90 Å². The fourth-order valence-corrected chi connectivity index (χ4v) is 5.56. The van der Waals surface area contributed by atoms with Crippen LogP contribution >= 0.6 is 0 Å². The zero-order valence-corrected chi connectivity index (χ0v) is 18.0. The first kappa shape index (κ1) is 21.5. The van der Waals surface area contributed by atoms with Crippen LogP contribution in [0, 0.1) is 5.92 Å². The van der Waals surface area contributed by atoms with E-state index in [-0.39, 0.29) is 18.1 Å². The van der Waals surface area contributed by atoms with Crippen molar-refractivity contribution in [3.05, 3.63) is 0 Å². The van der Waals surface area contributed by atoms with Crippen molar-refractivity contribution < 1.29 is 19.4 Å². The first-order valence-corrected chi connectivity index (χ1v) is 11.7. The summed E-state index contributed by atoms with van der Waals surface area (Å²) in [4.78, 5) is 19.5. The SMILES string of the molecule is CN1CCN(C(=O)C[C@@H]2CC[C@H]3[C@@H](COC[C@@H](O)CN3CC3CCCC3)O2)CC1. The van der Waals surface area contributed by atoms with Gasteiger partial charge in [0.25, 0.3) is 0 Å². The molecule has 4 fully saturated rings. The first-order chi connectivity index (χ1) is 14.1. The van der Waals surface area contributed by atoms with Crippen molar-refractivity contribution in [1.82, 2.24) is 14.7 Å². The number of amides is 1. The molecule has 1 saturated carbocycles. The van der Waals surface area contributed by atoms with E-state index in [0.717, 1.165) is 51.5 Å². The number of ether oxygens (including phenoxy) is 2. The molecule has 1 amide bonds. The molecular weight excluding hydrogens is 370 g/mol. The second-order valence-electron chi connectivity index (χ2n) is 9.63. The molecule has 4 atom stereocenters. The Kier molecular flexibility index (Phi) is 7.45. The van der Waals surface area contributed by atoms with E-state index >= 15 is 0 Å². The lowest BCUT2D eigenvalue weighted by molar-refractivity contribution is -0.161. The van der Waals surface area contributed by atoms with Crippen LogP contribution in [-0.4, -0.2) is 110 Å². The molecule has 0 aromatic rings. The minimum absolute atomic E-state index is 0.00272. The largest absolute Gasteiger partial charge is 0.389 e. The molecule has 0 unspecified atom stereocenters. The molecule has 0 spiro atoms. The molecule has 3 saturated heterocycles. The van der Waals surface area contributed by atoms with Gasteiger partial charge in [0, 0.05) is 45.3 Å². The van der Waals surface area contributed by atoms with Crippen LogP contribution in [0.5, 0.6) is 0 Å². The van der Waals surface area contributed by atoms with Gasteiger partial charge in [0.05, 0.1) is 37.9 Å².